The number of aryl methyl sites for hydroxylation is 1. The van der Waals surface area contributed by atoms with E-state index in [1.807, 2.05) is 128 Å². The minimum Gasteiger partial charge on any atom is -0.497 e. The molecule has 1 aliphatic rings. The van der Waals surface area contributed by atoms with Crippen LogP contribution in [0.4, 0.5) is 5.82 Å². The molecule has 0 spiro atoms. The summed E-state index contributed by atoms with van der Waals surface area (Å²) in [5.41, 5.74) is 4.01. The van der Waals surface area contributed by atoms with Crippen molar-refractivity contribution >= 4 is 31.4 Å². The fourth-order valence-corrected chi connectivity index (χ4v) is 11.1. The molecule has 7 aromatic rings. The monoisotopic (exact) mass is 1020 g/mol. The Balaban J connectivity index is 1.23. The molecule has 16 nitrogen and oxygen atoms in total. The molecule has 8 rings (SSSR count). The topological polar surface area (TPSA) is 165 Å². The number of nitrogens with zero attached hydrogens (tertiary/aromatic N) is 7. The van der Waals surface area contributed by atoms with Crippen LogP contribution in [0.3, 0.4) is 0 Å². The summed E-state index contributed by atoms with van der Waals surface area (Å²) in [5, 5.41) is 9.61. The van der Waals surface area contributed by atoms with Gasteiger partial charge in [0.2, 0.25) is 0 Å². The molecule has 0 aliphatic carbocycles. The Kier molecular flexibility index (Phi) is 18.0. The lowest BCUT2D eigenvalue weighted by atomic mass is 9.80. The number of rotatable bonds is 24. The number of aromatic nitrogens is 4. The highest BCUT2D eigenvalue weighted by Crippen LogP contribution is 2.51. The van der Waals surface area contributed by atoms with Crippen LogP contribution in [0.15, 0.2) is 146 Å². The second kappa shape index (κ2) is 25.0. The average Bonchev–Trinajstić information content (AvgIpc) is 4.01. The molecule has 1 amide bonds. The van der Waals surface area contributed by atoms with E-state index in [4.69, 9.17) is 52.4 Å². The molecule has 3 heterocycles. The van der Waals surface area contributed by atoms with E-state index in [9.17, 15) is 10.1 Å². The molecule has 1 aliphatic heterocycles. The molecule has 1 saturated heterocycles. The molecule has 0 saturated carbocycles. The van der Waals surface area contributed by atoms with Crippen LogP contribution in [0.1, 0.15) is 68.2 Å². The fourth-order valence-electron chi connectivity index (χ4n) is 9.33. The molecule has 0 N–H and O–H groups in total. The lowest BCUT2D eigenvalue weighted by Crippen LogP contribution is -2.42. The Hall–Kier alpha value is -6.80. The van der Waals surface area contributed by atoms with Crippen molar-refractivity contribution in [2.45, 2.75) is 89.8 Å². The van der Waals surface area contributed by atoms with Crippen LogP contribution in [0, 0.1) is 18.3 Å². The molecule has 5 aromatic carbocycles. The van der Waals surface area contributed by atoms with Gasteiger partial charge in [0, 0.05) is 19.2 Å². The minimum absolute atomic E-state index is 0.00372. The first kappa shape index (κ1) is 53.5. The first-order valence-corrected chi connectivity index (χ1v) is 25.8. The number of methoxy groups -OCH3 is 3. The normalized spacial score (nSPS) is 17.2. The van der Waals surface area contributed by atoms with Gasteiger partial charge >= 0.3 is 0 Å². The molecule has 74 heavy (non-hydrogen) atoms. The van der Waals surface area contributed by atoms with Crippen molar-refractivity contribution in [2.24, 2.45) is 0 Å². The number of anilines is 1. The van der Waals surface area contributed by atoms with E-state index in [-0.39, 0.29) is 50.8 Å². The van der Waals surface area contributed by atoms with Gasteiger partial charge in [0.15, 0.2) is 29.8 Å². The van der Waals surface area contributed by atoms with E-state index in [1.54, 1.807) is 49.3 Å². The third kappa shape index (κ3) is 11.8. The van der Waals surface area contributed by atoms with Gasteiger partial charge < -0.3 is 37.5 Å². The molecule has 1 fully saturated rings. The number of carbonyl (C=O) groups excluding carboxylic acids is 1. The number of benzene rings is 5. The van der Waals surface area contributed by atoms with Crippen LogP contribution < -0.4 is 19.1 Å². The summed E-state index contributed by atoms with van der Waals surface area (Å²) in [7, 11) is 3.07. The van der Waals surface area contributed by atoms with E-state index in [0.29, 0.717) is 34.2 Å². The smallest absolute Gasteiger partial charge is 0.266 e. The second-order valence-electron chi connectivity index (χ2n) is 18.2. The van der Waals surface area contributed by atoms with Gasteiger partial charge in [0.25, 0.3) is 14.4 Å². The Morgan fingerprint density at radius 1 is 0.770 bits per heavy atom. The maximum atomic E-state index is 14.4. The number of nitriles is 1. The molecular formula is C57H64N7O9P. The lowest BCUT2D eigenvalue weighted by molar-refractivity contribution is -0.120. The van der Waals surface area contributed by atoms with Crippen molar-refractivity contribution in [2.75, 3.05) is 46.0 Å². The molecule has 2 aromatic heterocycles. The maximum Gasteiger partial charge on any atom is 0.266 e. The lowest BCUT2D eigenvalue weighted by Gasteiger charge is -2.39. The summed E-state index contributed by atoms with van der Waals surface area (Å²) in [4.78, 5) is 30.3. The first-order chi connectivity index (χ1) is 36.0. The zero-order valence-corrected chi connectivity index (χ0v) is 44.0. The fraction of sp³-hybridized carbons (Fsp3) is 0.351. The van der Waals surface area contributed by atoms with E-state index < -0.39 is 38.7 Å². The number of carbonyl (C=O) groups is 1. The number of ether oxygens (including phenoxy) is 6. The largest absolute Gasteiger partial charge is 0.497 e. The maximum absolute atomic E-state index is 14.4. The number of para-hydroxylation sites is 1. The summed E-state index contributed by atoms with van der Waals surface area (Å²) >= 11 is 0. The van der Waals surface area contributed by atoms with E-state index >= 15 is 0 Å². The SMILES string of the molecule is COc1ccc(C(OC[C@H]2O[C@@H](n3cnc4c(N(Cc5ccccc5C)C(=O)COc5ccccc5)ncnc43)[C@@H](OC)C2OP(OCCC#N)N(C(C)C)C(C)C)(c2ccccc2)c2ccc(OC)cc2)cc1. The Bertz CT molecular complexity index is 2880. The summed E-state index contributed by atoms with van der Waals surface area (Å²) in [6.07, 6.45) is -0.133. The Labute approximate surface area is 434 Å². The summed E-state index contributed by atoms with van der Waals surface area (Å²) in [5.74, 6) is 1.91. The third-order valence-corrected chi connectivity index (χ3v) is 15.1. The van der Waals surface area contributed by atoms with Crippen molar-refractivity contribution in [3.63, 3.8) is 0 Å². The molecular weight excluding hydrogens is 958 g/mol. The van der Waals surface area contributed by atoms with E-state index in [1.165, 1.54) is 6.33 Å². The number of hydrogen-bond donors (Lipinski definition) is 0. The number of hydrogen-bond acceptors (Lipinski definition) is 14. The highest BCUT2D eigenvalue weighted by atomic mass is 31.2. The standard InChI is InChI=1S/C57H64N7O9P/c1-39(2)64(40(3)4)74(71-33-17-32-58)73-52-49(35-70-57(43-20-11-9-12-21-43,44-24-28-46(66-6)29-25-44)45-26-30-47(67-7)31-27-45)72-56(53(52)68-8)63-38-61-51-54(59-37-60-55(51)63)62(34-42-19-16-15-18-41(42)5)50(65)36-69-48-22-13-10-14-23-48/h9-16,18-31,37-40,49,52-53,56H,17,33-36H2,1-8H3/t49-,52?,53+,56-,74?/m1/s1. The first-order valence-electron chi connectivity index (χ1n) is 24.6. The van der Waals surface area contributed by atoms with Gasteiger partial charge in [-0.3, -0.25) is 14.3 Å². The van der Waals surface area contributed by atoms with Gasteiger partial charge in [-0.2, -0.15) is 5.26 Å². The van der Waals surface area contributed by atoms with Gasteiger partial charge in [0.1, 0.15) is 47.5 Å². The predicted molar refractivity (Wildman–Crippen MR) is 283 cm³/mol. The van der Waals surface area contributed by atoms with Gasteiger partial charge in [-0.1, -0.05) is 97.1 Å². The van der Waals surface area contributed by atoms with E-state index in [2.05, 4.69) is 38.4 Å². The van der Waals surface area contributed by atoms with Crippen LogP contribution >= 0.6 is 8.53 Å². The summed E-state index contributed by atoms with van der Waals surface area (Å²) in [6.45, 7) is 10.4. The highest BCUT2D eigenvalue weighted by Gasteiger charge is 2.51. The molecule has 386 valence electrons. The van der Waals surface area contributed by atoms with E-state index in [0.717, 1.165) is 27.8 Å². The van der Waals surface area contributed by atoms with Crippen LogP contribution in [0.25, 0.3) is 11.2 Å². The molecule has 0 bridgehead atoms. The van der Waals surface area contributed by atoms with Gasteiger partial charge in [0.05, 0.1) is 52.8 Å². The predicted octanol–water partition coefficient (Wildman–Crippen LogP) is 10.3. The Morgan fingerprint density at radius 3 is 1.97 bits per heavy atom. The number of imidazole rings is 1. The van der Waals surface area contributed by atoms with Gasteiger partial charge in [-0.25, -0.2) is 19.6 Å². The van der Waals surface area contributed by atoms with Crippen molar-refractivity contribution < 1.29 is 42.3 Å². The average molecular weight is 1020 g/mol. The molecule has 0 radical (unpaired) electrons. The van der Waals surface area contributed by atoms with Crippen molar-refractivity contribution in [1.82, 2.24) is 24.2 Å². The van der Waals surface area contributed by atoms with Crippen molar-refractivity contribution in [3.8, 4) is 23.3 Å². The van der Waals surface area contributed by atoms with Crippen LogP contribution in [-0.4, -0.2) is 102 Å². The highest BCUT2D eigenvalue weighted by molar-refractivity contribution is 7.44. The minimum atomic E-state index is -1.81. The summed E-state index contributed by atoms with van der Waals surface area (Å²) < 4.78 is 56.1. The Morgan fingerprint density at radius 2 is 1.38 bits per heavy atom. The van der Waals surface area contributed by atoms with Gasteiger partial charge in [-0.15, -0.1) is 0 Å². The molecule has 2 unspecified atom stereocenters. The molecule has 5 atom stereocenters. The zero-order valence-electron chi connectivity index (χ0n) is 43.1. The summed E-state index contributed by atoms with van der Waals surface area (Å²) in [6, 6.07) is 45.0. The number of amides is 1. The van der Waals surface area contributed by atoms with Crippen LogP contribution in [-0.2, 0) is 40.2 Å². The number of fused-ring (bicyclic) bond motifs is 1. The molecule has 17 heteroatoms. The zero-order chi connectivity index (χ0) is 52.2. The quantitative estimate of drug-likeness (QED) is 0.0319. The van der Waals surface area contributed by atoms with Crippen LogP contribution in [0.2, 0.25) is 0 Å². The van der Waals surface area contributed by atoms with Crippen molar-refractivity contribution in [3.05, 3.63) is 174 Å². The van der Waals surface area contributed by atoms with Crippen molar-refractivity contribution in [1.29, 1.82) is 5.26 Å². The second-order valence-corrected chi connectivity index (χ2v) is 19.6. The third-order valence-electron chi connectivity index (χ3n) is 12.9. The van der Waals surface area contributed by atoms with Gasteiger partial charge in [-0.05, 0) is 98.8 Å². The van der Waals surface area contributed by atoms with Crippen LogP contribution in [0.5, 0.6) is 17.2 Å².